The lowest BCUT2D eigenvalue weighted by Crippen LogP contribution is -2.16. The summed E-state index contributed by atoms with van der Waals surface area (Å²) in [7, 11) is -1.50. The van der Waals surface area contributed by atoms with E-state index in [1.165, 1.54) is 6.08 Å². The van der Waals surface area contributed by atoms with Gasteiger partial charge >= 0.3 is 0 Å². The molecule has 31 heavy (non-hydrogen) atoms. The van der Waals surface area contributed by atoms with Crippen LogP contribution < -0.4 is 14.2 Å². The van der Waals surface area contributed by atoms with Gasteiger partial charge in [-0.3, -0.25) is 14.5 Å². The molecule has 156 valence electrons. The fraction of sp³-hybridized carbons (Fsp3) is 0.167. The number of carbonyl (C=O) groups is 1. The number of ether oxygens (including phenoxy) is 2. The molecule has 1 aromatic heterocycles. The lowest BCUT2D eigenvalue weighted by molar-refractivity contribution is -0.114. The van der Waals surface area contributed by atoms with Crippen LogP contribution in [0.4, 0.5) is 0 Å². The summed E-state index contributed by atoms with van der Waals surface area (Å²) < 4.78 is 26.7. The maximum Gasteiger partial charge on any atom is 0.257 e. The first kappa shape index (κ1) is 19.5. The van der Waals surface area contributed by atoms with Crippen LogP contribution in [0.1, 0.15) is 34.9 Å². The van der Waals surface area contributed by atoms with Crippen LogP contribution in [0.15, 0.2) is 66.9 Å². The van der Waals surface area contributed by atoms with E-state index in [-0.39, 0.29) is 12.0 Å². The molecule has 1 unspecified atom stereocenters. The molecule has 1 N–H and O–H groups in total. The van der Waals surface area contributed by atoms with Gasteiger partial charge in [0.15, 0.2) is 11.0 Å². The van der Waals surface area contributed by atoms with E-state index in [1.807, 2.05) is 55.5 Å². The van der Waals surface area contributed by atoms with E-state index in [2.05, 4.69) is 15.8 Å². The minimum Gasteiger partial charge on any atom is -0.486 e. The highest BCUT2D eigenvalue weighted by Gasteiger charge is 2.27. The number of pyridine rings is 1. The van der Waals surface area contributed by atoms with Gasteiger partial charge in [-0.25, -0.2) is 4.21 Å². The maximum atomic E-state index is 11.9. The van der Waals surface area contributed by atoms with Crippen molar-refractivity contribution in [1.29, 1.82) is 0 Å². The van der Waals surface area contributed by atoms with Gasteiger partial charge < -0.3 is 9.47 Å². The molecular formula is C24H20N2O4S. The molecule has 1 aliphatic carbocycles. The van der Waals surface area contributed by atoms with Crippen molar-refractivity contribution in [2.75, 3.05) is 0 Å². The number of aryl methyl sites for hydroxylation is 1. The van der Waals surface area contributed by atoms with Crippen LogP contribution in [0, 0.1) is 6.92 Å². The molecule has 0 spiro atoms. The minimum atomic E-state index is -1.50. The third-order valence-corrected chi connectivity index (χ3v) is 6.48. The number of nitrogens with zero attached hydrogens (tertiary/aromatic N) is 1. The van der Waals surface area contributed by atoms with Crippen molar-refractivity contribution in [3.63, 3.8) is 0 Å². The molecule has 1 aliphatic heterocycles. The monoisotopic (exact) mass is 432 g/mol. The molecule has 0 fully saturated rings. The number of carbonyl (C=O) groups excluding carboxylic acids is 1. The Morgan fingerprint density at radius 3 is 2.68 bits per heavy atom. The number of hydrogen-bond donors (Lipinski definition) is 1. The van der Waals surface area contributed by atoms with Crippen molar-refractivity contribution in [3.8, 4) is 17.2 Å². The van der Waals surface area contributed by atoms with Crippen LogP contribution in [0.5, 0.6) is 17.2 Å². The van der Waals surface area contributed by atoms with E-state index < -0.39 is 11.0 Å². The SMILES string of the molecule is Cc1cc(Oc2cccc3c2CC[C@H]3Oc2ccc(C3=CC(=O)NS3=O)cc2)ccn1. The van der Waals surface area contributed by atoms with Gasteiger partial charge in [0.05, 0.1) is 4.91 Å². The zero-order valence-electron chi connectivity index (χ0n) is 16.8. The lowest BCUT2D eigenvalue weighted by atomic mass is 10.1. The normalized spacial score (nSPS) is 19.5. The van der Waals surface area contributed by atoms with Crippen molar-refractivity contribution in [3.05, 3.63) is 89.3 Å². The molecule has 0 saturated heterocycles. The Kier molecular flexibility index (Phi) is 5.03. The lowest BCUT2D eigenvalue weighted by Gasteiger charge is -2.16. The third kappa shape index (κ3) is 3.96. The molecule has 0 bridgehead atoms. The Balaban J connectivity index is 1.33. The summed E-state index contributed by atoms with van der Waals surface area (Å²) in [4.78, 5) is 16.1. The highest BCUT2D eigenvalue weighted by Crippen LogP contribution is 2.41. The van der Waals surface area contributed by atoms with E-state index in [1.54, 1.807) is 6.20 Å². The van der Waals surface area contributed by atoms with Crippen molar-refractivity contribution in [1.82, 2.24) is 9.71 Å². The van der Waals surface area contributed by atoms with Crippen molar-refractivity contribution < 1.29 is 18.5 Å². The summed E-state index contributed by atoms with van der Waals surface area (Å²) in [6.45, 7) is 1.94. The maximum absolute atomic E-state index is 11.9. The van der Waals surface area contributed by atoms with E-state index in [9.17, 15) is 9.00 Å². The van der Waals surface area contributed by atoms with Crippen LogP contribution >= 0.6 is 0 Å². The fourth-order valence-corrected chi connectivity index (χ4v) is 4.83. The Bertz CT molecular complexity index is 1220. The molecule has 2 atom stereocenters. The van der Waals surface area contributed by atoms with Gasteiger partial charge in [-0.05, 0) is 55.2 Å². The van der Waals surface area contributed by atoms with Gasteiger partial charge in [-0.2, -0.15) is 0 Å². The number of fused-ring (bicyclic) bond motifs is 1. The van der Waals surface area contributed by atoms with Crippen LogP contribution in [-0.4, -0.2) is 15.1 Å². The van der Waals surface area contributed by atoms with E-state index in [0.717, 1.165) is 52.5 Å². The molecule has 1 amide bonds. The first-order valence-electron chi connectivity index (χ1n) is 10.0. The average molecular weight is 433 g/mol. The Hall–Kier alpha value is -3.45. The van der Waals surface area contributed by atoms with Crippen molar-refractivity contribution >= 4 is 21.8 Å². The standard InChI is InChI=1S/C24H20N2O4S/c1-15-13-18(11-12-25-15)30-21-4-2-3-19-20(21)9-10-22(19)29-17-7-5-16(6-8-17)23-14-24(27)26-31(23)28/h2-8,11-14,22H,9-10H2,1H3,(H,26,27)/t22-,31?/m1/s1. The second-order valence-corrected chi connectivity index (χ2v) is 8.65. The highest BCUT2D eigenvalue weighted by atomic mass is 32.2. The van der Waals surface area contributed by atoms with E-state index in [0.29, 0.717) is 4.91 Å². The van der Waals surface area contributed by atoms with Crippen LogP contribution in [0.2, 0.25) is 0 Å². The Labute approximate surface area is 182 Å². The molecule has 0 radical (unpaired) electrons. The zero-order valence-corrected chi connectivity index (χ0v) is 17.6. The summed E-state index contributed by atoms with van der Waals surface area (Å²) in [6, 6.07) is 17.1. The van der Waals surface area contributed by atoms with Crippen molar-refractivity contribution in [2.24, 2.45) is 0 Å². The van der Waals surface area contributed by atoms with Gasteiger partial charge in [0.1, 0.15) is 23.4 Å². The number of benzene rings is 2. The second kappa shape index (κ2) is 8.00. The number of hydrogen-bond acceptors (Lipinski definition) is 5. The summed E-state index contributed by atoms with van der Waals surface area (Å²) in [5, 5.41) is 0. The van der Waals surface area contributed by atoms with Gasteiger partial charge in [-0.1, -0.05) is 24.3 Å². The van der Waals surface area contributed by atoms with Gasteiger partial charge in [0.25, 0.3) is 5.91 Å². The second-order valence-electron chi connectivity index (χ2n) is 7.47. The van der Waals surface area contributed by atoms with Gasteiger partial charge in [-0.15, -0.1) is 0 Å². The number of amides is 1. The molecule has 3 aromatic rings. The van der Waals surface area contributed by atoms with E-state index in [4.69, 9.17) is 9.47 Å². The predicted octanol–water partition coefficient (Wildman–Crippen LogP) is 4.38. The summed E-state index contributed by atoms with van der Waals surface area (Å²) in [5.74, 6) is 2.00. The van der Waals surface area contributed by atoms with E-state index >= 15 is 0 Å². The summed E-state index contributed by atoms with van der Waals surface area (Å²) in [6.07, 6.45) is 4.78. The van der Waals surface area contributed by atoms with Crippen LogP contribution in [0.25, 0.3) is 4.91 Å². The molecule has 6 nitrogen and oxygen atoms in total. The Morgan fingerprint density at radius 2 is 1.94 bits per heavy atom. The molecule has 2 aliphatic rings. The molecule has 2 aromatic carbocycles. The zero-order chi connectivity index (χ0) is 21.4. The average Bonchev–Trinajstić information content (AvgIpc) is 3.32. The highest BCUT2D eigenvalue weighted by molar-refractivity contribution is 7.93. The molecule has 7 heteroatoms. The quantitative estimate of drug-likeness (QED) is 0.647. The topological polar surface area (TPSA) is 77.5 Å². The largest absolute Gasteiger partial charge is 0.486 e. The number of nitrogens with one attached hydrogen (secondary N) is 1. The number of rotatable bonds is 5. The molecule has 2 heterocycles. The number of aromatic nitrogens is 1. The summed E-state index contributed by atoms with van der Waals surface area (Å²) >= 11 is 0. The van der Waals surface area contributed by atoms with Crippen LogP contribution in [-0.2, 0) is 22.2 Å². The molecular weight excluding hydrogens is 412 g/mol. The Morgan fingerprint density at radius 1 is 1.10 bits per heavy atom. The smallest absolute Gasteiger partial charge is 0.257 e. The fourth-order valence-electron chi connectivity index (χ4n) is 3.91. The molecule has 5 rings (SSSR count). The van der Waals surface area contributed by atoms with Gasteiger partial charge in [0, 0.05) is 29.6 Å². The molecule has 0 saturated carbocycles. The third-order valence-electron chi connectivity index (χ3n) is 5.34. The van der Waals surface area contributed by atoms with Gasteiger partial charge in [0.2, 0.25) is 0 Å². The van der Waals surface area contributed by atoms with Crippen molar-refractivity contribution in [2.45, 2.75) is 25.9 Å². The summed E-state index contributed by atoms with van der Waals surface area (Å²) in [5.41, 5.74) is 3.93. The predicted molar refractivity (Wildman–Crippen MR) is 118 cm³/mol. The van der Waals surface area contributed by atoms with Crippen LogP contribution in [0.3, 0.4) is 0 Å². The first-order chi connectivity index (χ1) is 15.1. The minimum absolute atomic E-state index is 0.0633. The first-order valence-corrected chi connectivity index (χ1v) is 11.2.